The Balaban J connectivity index is 1.39. The van der Waals surface area contributed by atoms with Crippen LogP contribution in [0.2, 0.25) is 0 Å². The lowest BCUT2D eigenvalue weighted by atomic mass is 10.0. The van der Waals surface area contributed by atoms with Crippen LogP contribution in [0, 0.1) is 0 Å². The summed E-state index contributed by atoms with van der Waals surface area (Å²) in [5.74, 6) is 1.61. The van der Waals surface area contributed by atoms with Crippen molar-refractivity contribution in [1.29, 1.82) is 0 Å². The fourth-order valence-corrected chi connectivity index (χ4v) is 4.92. The van der Waals surface area contributed by atoms with Crippen molar-refractivity contribution >= 4 is 21.6 Å². The first-order chi connectivity index (χ1) is 13.4. The van der Waals surface area contributed by atoms with Crippen molar-refractivity contribution in [2.45, 2.75) is 31.8 Å². The van der Waals surface area contributed by atoms with Gasteiger partial charge in [-0.05, 0) is 31.5 Å². The molecule has 1 fully saturated rings. The third kappa shape index (κ3) is 3.40. The predicted octanol–water partition coefficient (Wildman–Crippen LogP) is 5.68. The smallest absolute Gasteiger partial charge is 0.209 e. The Morgan fingerprint density at radius 1 is 1.04 bits per heavy atom. The van der Waals surface area contributed by atoms with Crippen LogP contribution in [-0.2, 0) is 6.54 Å². The SMILES string of the molecule is c1ccc(-c2cnc(CN3CCCCC3c3nc4ccccc4s3)o2)cc1. The van der Waals surface area contributed by atoms with Gasteiger partial charge < -0.3 is 4.42 Å². The molecule has 3 heterocycles. The minimum absolute atomic E-state index is 0.350. The van der Waals surface area contributed by atoms with Gasteiger partial charge in [0, 0.05) is 5.56 Å². The third-order valence-corrected chi connectivity index (χ3v) is 6.30. The quantitative estimate of drug-likeness (QED) is 0.460. The van der Waals surface area contributed by atoms with Gasteiger partial charge in [-0.25, -0.2) is 9.97 Å². The molecule has 1 aliphatic rings. The van der Waals surface area contributed by atoms with Gasteiger partial charge in [0.05, 0.1) is 29.0 Å². The van der Waals surface area contributed by atoms with Crippen molar-refractivity contribution in [2.75, 3.05) is 6.54 Å². The van der Waals surface area contributed by atoms with E-state index < -0.39 is 0 Å². The second kappa shape index (κ2) is 7.25. The van der Waals surface area contributed by atoms with E-state index in [1.807, 2.05) is 35.7 Å². The molecule has 0 saturated carbocycles. The molecule has 0 bridgehead atoms. The first kappa shape index (κ1) is 16.7. The molecule has 0 radical (unpaired) electrons. The topological polar surface area (TPSA) is 42.2 Å². The van der Waals surface area contributed by atoms with Crippen LogP contribution in [0.3, 0.4) is 0 Å². The summed E-state index contributed by atoms with van der Waals surface area (Å²) in [6.07, 6.45) is 5.44. The van der Waals surface area contributed by atoms with Crippen LogP contribution in [0.15, 0.2) is 65.2 Å². The standard InChI is InChI=1S/C22H21N3OS/c1-2-8-16(9-3-1)19-14-23-21(26-19)15-25-13-7-6-11-18(25)22-24-17-10-4-5-12-20(17)27-22/h1-5,8-10,12,14,18H,6-7,11,13,15H2. The van der Waals surface area contributed by atoms with Crippen LogP contribution in [0.5, 0.6) is 0 Å². The van der Waals surface area contributed by atoms with E-state index in [1.165, 1.54) is 22.5 Å². The Kier molecular flexibility index (Phi) is 4.47. The maximum atomic E-state index is 6.05. The Morgan fingerprint density at radius 2 is 1.89 bits per heavy atom. The zero-order chi connectivity index (χ0) is 18.1. The molecule has 1 aliphatic heterocycles. The number of benzene rings is 2. The minimum atomic E-state index is 0.350. The first-order valence-electron chi connectivity index (χ1n) is 9.46. The molecule has 0 aliphatic carbocycles. The summed E-state index contributed by atoms with van der Waals surface area (Å²) in [7, 11) is 0. The molecule has 1 atom stereocenters. The summed E-state index contributed by atoms with van der Waals surface area (Å²) in [6.45, 7) is 1.79. The molecule has 136 valence electrons. The van der Waals surface area contributed by atoms with E-state index in [0.29, 0.717) is 6.04 Å². The highest BCUT2D eigenvalue weighted by atomic mass is 32.1. The van der Waals surface area contributed by atoms with Crippen molar-refractivity contribution in [3.63, 3.8) is 0 Å². The zero-order valence-corrected chi connectivity index (χ0v) is 15.9. The van der Waals surface area contributed by atoms with Crippen LogP contribution < -0.4 is 0 Å². The van der Waals surface area contributed by atoms with Gasteiger partial charge in [-0.1, -0.05) is 48.9 Å². The maximum Gasteiger partial charge on any atom is 0.209 e. The highest BCUT2D eigenvalue weighted by Crippen LogP contribution is 2.36. The number of para-hydroxylation sites is 1. The molecule has 1 unspecified atom stereocenters. The molecule has 0 amide bonds. The Morgan fingerprint density at radius 3 is 2.78 bits per heavy atom. The normalized spacial score (nSPS) is 18.1. The molecular formula is C22H21N3OS. The van der Waals surface area contributed by atoms with E-state index in [-0.39, 0.29) is 0 Å². The number of piperidine rings is 1. The summed E-state index contributed by atoms with van der Waals surface area (Å²) >= 11 is 1.82. The number of fused-ring (bicyclic) bond motifs is 1. The Bertz CT molecular complexity index is 1010. The van der Waals surface area contributed by atoms with Gasteiger partial charge in [0.15, 0.2) is 5.76 Å². The minimum Gasteiger partial charge on any atom is -0.439 e. The molecule has 0 spiro atoms. The second-order valence-electron chi connectivity index (χ2n) is 6.99. The van der Waals surface area contributed by atoms with E-state index in [2.05, 4.69) is 46.3 Å². The lowest BCUT2D eigenvalue weighted by Crippen LogP contribution is -2.32. The number of nitrogens with zero attached hydrogens (tertiary/aromatic N) is 3. The number of thiazole rings is 1. The van der Waals surface area contributed by atoms with Gasteiger partial charge >= 0.3 is 0 Å². The van der Waals surface area contributed by atoms with Crippen molar-refractivity contribution in [3.8, 4) is 11.3 Å². The maximum absolute atomic E-state index is 6.05. The number of likely N-dealkylation sites (tertiary alicyclic amines) is 1. The van der Waals surface area contributed by atoms with Crippen molar-refractivity contribution in [1.82, 2.24) is 14.9 Å². The van der Waals surface area contributed by atoms with Gasteiger partial charge in [-0.3, -0.25) is 4.90 Å². The van der Waals surface area contributed by atoms with E-state index in [4.69, 9.17) is 9.40 Å². The molecule has 4 nitrogen and oxygen atoms in total. The van der Waals surface area contributed by atoms with Crippen LogP contribution in [-0.4, -0.2) is 21.4 Å². The van der Waals surface area contributed by atoms with Gasteiger partial charge in [-0.2, -0.15) is 0 Å². The molecular weight excluding hydrogens is 354 g/mol. The van der Waals surface area contributed by atoms with E-state index in [0.717, 1.165) is 42.2 Å². The Hall–Kier alpha value is -2.50. The average molecular weight is 375 g/mol. The van der Waals surface area contributed by atoms with Gasteiger partial charge in [0.25, 0.3) is 0 Å². The van der Waals surface area contributed by atoms with Crippen LogP contribution in [0.4, 0.5) is 0 Å². The van der Waals surface area contributed by atoms with Gasteiger partial charge in [-0.15, -0.1) is 11.3 Å². The monoisotopic (exact) mass is 375 g/mol. The predicted molar refractivity (Wildman–Crippen MR) is 109 cm³/mol. The number of rotatable bonds is 4. The van der Waals surface area contributed by atoms with Crippen molar-refractivity contribution in [2.24, 2.45) is 0 Å². The van der Waals surface area contributed by atoms with E-state index in [1.54, 1.807) is 0 Å². The zero-order valence-electron chi connectivity index (χ0n) is 15.0. The third-order valence-electron chi connectivity index (χ3n) is 5.16. The second-order valence-corrected chi connectivity index (χ2v) is 8.05. The molecule has 5 rings (SSSR count). The fraction of sp³-hybridized carbons (Fsp3) is 0.273. The molecule has 5 heteroatoms. The van der Waals surface area contributed by atoms with Crippen LogP contribution >= 0.6 is 11.3 Å². The summed E-state index contributed by atoms with van der Waals surface area (Å²) in [6, 6.07) is 18.9. The molecule has 4 aromatic rings. The molecule has 1 saturated heterocycles. The van der Waals surface area contributed by atoms with Gasteiger partial charge in [0.1, 0.15) is 5.01 Å². The number of hydrogen-bond donors (Lipinski definition) is 0. The molecule has 27 heavy (non-hydrogen) atoms. The molecule has 0 N–H and O–H groups in total. The summed E-state index contributed by atoms with van der Waals surface area (Å²) in [4.78, 5) is 11.9. The highest BCUT2D eigenvalue weighted by Gasteiger charge is 2.28. The lowest BCUT2D eigenvalue weighted by Gasteiger charge is -2.33. The fourth-order valence-electron chi connectivity index (χ4n) is 3.79. The van der Waals surface area contributed by atoms with Gasteiger partial charge in [0.2, 0.25) is 5.89 Å². The molecule has 2 aromatic carbocycles. The highest BCUT2D eigenvalue weighted by molar-refractivity contribution is 7.18. The largest absolute Gasteiger partial charge is 0.439 e. The lowest BCUT2D eigenvalue weighted by molar-refractivity contribution is 0.128. The summed E-state index contributed by atoms with van der Waals surface area (Å²) in [5.41, 5.74) is 2.17. The number of oxazole rings is 1. The van der Waals surface area contributed by atoms with E-state index in [9.17, 15) is 0 Å². The van der Waals surface area contributed by atoms with E-state index >= 15 is 0 Å². The van der Waals surface area contributed by atoms with Crippen molar-refractivity contribution < 1.29 is 4.42 Å². The van der Waals surface area contributed by atoms with Crippen LogP contribution in [0.25, 0.3) is 21.5 Å². The van der Waals surface area contributed by atoms with Crippen molar-refractivity contribution in [3.05, 3.63) is 71.7 Å². The summed E-state index contributed by atoms with van der Waals surface area (Å²) in [5, 5.41) is 1.21. The molecule has 2 aromatic heterocycles. The Labute approximate surface area is 162 Å². The number of aromatic nitrogens is 2. The summed E-state index contributed by atoms with van der Waals surface area (Å²) < 4.78 is 7.31. The average Bonchev–Trinajstić information content (AvgIpc) is 3.36. The number of hydrogen-bond acceptors (Lipinski definition) is 5. The van der Waals surface area contributed by atoms with Crippen LogP contribution in [0.1, 0.15) is 36.2 Å². The first-order valence-corrected chi connectivity index (χ1v) is 10.3.